The lowest BCUT2D eigenvalue weighted by molar-refractivity contribution is -0.648. The first kappa shape index (κ1) is 9.04. The fraction of sp³-hybridized carbons (Fsp3) is 0.364. The van der Waals surface area contributed by atoms with Gasteiger partial charge in [-0.1, -0.05) is 23.7 Å². The first-order valence-electron chi connectivity index (χ1n) is 4.62. The molecular weight excluding hydrogens is 182 g/mol. The summed E-state index contributed by atoms with van der Waals surface area (Å²) in [6, 6.07) is 8.11. The number of halogens is 1. The highest BCUT2D eigenvalue weighted by Gasteiger charge is 2.43. The average Bonchev–Trinajstić information content (AvgIpc) is 2.86. The van der Waals surface area contributed by atoms with Crippen LogP contribution in [0.1, 0.15) is 18.4 Å². The first-order chi connectivity index (χ1) is 6.24. The SMILES string of the molecule is [CH2-][NH2+]C1(Cc2cccc(Cl)c2)CC1. The van der Waals surface area contributed by atoms with Crippen molar-refractivity contribution in [2.24, 2.45) is 0 Å². The molecule has 0 spiro atoms. The van der Waals surface area contributed by atoms with E-state index in [9.17, 15) is 0 Å². The fourth-order valence-electron chi connectivity index (χ4n) is 1.67. The summed E-state index contributed by atoms with van der Waals surface area (Å²) in [4.78, 5) is 0. The van der Waals surface area contributed by atoms with E-state index in [0.717, 1.165) is 11.4 Å². The third kappa shape index (κ3) is 2.04. The second-order valence-corrected chi connectivity index (χ2v) is 4.31. The van der Waals surface area contributed by atoms with Crippen LogP contribution < -0.4 is 5.32 Å². The molecule has 0 aliphatic heterocycles. The normalized spacial score (nSPS) is 18.6. The minimum atomic E-state index is 0.394. The highest BCUT2D eigenvalue weighted by atomic mass is 35.5. The van der Waals surface area contributed by atoms with E-state index in [1.165, 1.54) is 18.4 Å². The van der Waals surface area contributed by atoms with Crippen LogP contribution in [0.15, 0.2) is 24.3 Å². The van der Waals surface area contributed by atoms with Crippen molar-refractivity contribution in [3.63, 3.8) is 0 Å². The molecule has 2 N–H and O–H groups in total. The molecular formula is C11H14ClN. The molecule has 0 saturated heterocycles. The zero-order valence-corrected chi connectivity index (χ0v) is 8.35. The Bertz CT molecular complexity index is 305. The highest BCUT2D eigenvalue weighted by Crippen LogP contribution is 2.34. The fourth-order valence-corrected chi connectivity index (χ4v) is 1.88. The number of nitrogens with two attached hydrogens (primary N) is 1. The predicted octanol–water partition coefficient (Wildman–Crippen LogP) is 1.77. The Balaban J connectivity index is 2.09. The van der Waals surface area contributed by atoms with E-state index in [-0.39, 0.29) is 0 Å². The van der Waals surface area contributed by atoms with Crippen LogP contribution in [0.5, 0.6) is 0 Å². The quantitative estimate of drug-likeness (QED) is 0.709. The summed E-state index contributed by atoms with van der Waals surface area (Å²) in [7, 11) is 3.88. The first-order valence-corrected chi connectivity index (χ1v) is 5.00. The topological polar surface area (TPSA) is 16.6 Å². The van der Waals surface area contributed by atoms with Crippen LogP contribution in [0.4, 0.5) is 0 Å². The monoisotopic (exact) mass is 195 g/mol. The lowest BCUT2D eigenvalue weighted by atomic mass is 10.0. The van der Waals surface area contributed by atoms with Gasteiger partial charge in [0.25, 0.3) is 0 Å². The van der Waals surface area contributed by atoms with Crippen molar-refractivity contribution in [2.75, 3.05) is 0 Å². The van der Waals surface area contributed by atoms with Gasteiger partial charge in [-0.2, -0.15) is 7.05 Å². The Morgan fingerprint density at radius 3 is 2.77 bits per heavy atom. The zero-order valence-electron chi connectivity index (χ0n) is 7.59. The molecule has 0 amide bonds. The third-order valence-corrected chi connectivity index (χ3v) is 3.01. The molecule has 2 heteroatoms. The number of hydrogen-bond donors (Lipinski definition) is 1. The van der Waals surface area contributed by atoms with E-state index in [2.05, 4.69) is 18.4 Å². The van der Waals surface area contributed by atoms with E-state index in [1.807, 2.05) is 18.2 Å². The molecule has 1 aromatic rings. The van der Waals surface area contributed by atoms with Gasteiger partial charge in [0.05, 0.1) is 5.54 Å². The van der Waals surface area contributed by atoms with Crippen LogP contribution in [-0.4, -0.2) is 5.54 Å². The van der Waals surface area contributed by atoms with Crippen molar-refractivity contribution in [1.29, 1.82) is 0 Å². The molecule has 13 heavy (non-hydrogen) atoms. The molecule has 1 fully saturated rings. The van der Waals surface area contributed by atoms with Crippen molar-refractivity contribution >= 4 is 11.6 Å². The standard InChI is InChI=1S/C11H14ClN/c1-13-11(5-6-11)8-9-3-2-4-10(12)7-9/h2-4,7H,1,5-6,8,13H2. The lowest BCUT2D eigenvalue weighted by Gasteiger charge is -2.14. The van der Waals surface area contributed by atoms with E-state index < -0.39 is 0 Å². The van der Waals surface area contributed by atoms with E-state index in [4.69, 9.17) is 11.6 Å². The third-order valence-electron chi connectivity index (χ3n) is 2.77. The van der Waals surface area contributed by atoms with Gasteiger partial charge in [0.1, 0.15) is 0 Å². The summed E-state index contributed by atoms with van der Waals surface area (Å²) in [5.74, 6) is 0. The smallest absolute Gasteiger partial charge is 0.0769 e. The van der Waals surface area contributed by atoms with Gasteiger partial charge in [-0.3, -0.25) is 0 Å². The van der Waals surface area contributed by atoms with E-state index in [1.54, 1.807) is 0 Å². The molecule has 0 atom stereocenters. The van der Waals surface area contributed by atoms with Crippen molar-refractivity contribution in [2.45, 2.75) is 24.8 Å². The van der Waals surface area contributed by atoms with Gasteiger partial charge >= 0.3 is 0 Å². The Labute approximate surface area is 84.1 Å². The summed E-state index contributed by atoms with van der Waals surface area (Å²) in [5.41, 5.74) is 1.72. The summed E-state index contributed by atoms with van der Waals surface area (Å²) in [6.45, 7) is 0. The zero-order chi connectivity index (χ0) is 9.31. The molecule has 0 aromatic heterocycles. The largest absolute Gasteiger partial charge is 0.474 e. The molecule has 0 bridgehead atoms. The van der Waals surface area contributed by atoms with Gasteiger partial charge in [0, 0.05) is 24.3 Å². The van der Waals surface area contributed by atoms with Gasteiger partial charge in [-0.05, 0) is 17.7 Å². The molecule has 70 valence electrons. The minimum Gasteiger partial charge on any atom is -0.474 e. The Kier molecular flexibility index (Phi) is 2.31. The molecule has 0 heterocycles. The van der Waals surface area contributed by atoms with Crippen molar-refractivity contribution in [3.05, 3.63) is 41.9 Å². The Morgan fingerprint density at radius 2 is 2.23 bits per heavy atom. The van der Waals surface area contributed by atoms with Crippen molar-refractivity contribution in [3.8, 4) is 0 Å². The minimum absolute atomic E-state index is 0.394. The van der Waals surface area contributed by atoms with Gasteiger partial charge in [-0.15, -0.1) is 0 Å². The molecule has 0 radical (unpaired) electrons. The molecule has 1 nitrogen and oxygen atoms in total. The number of benzene rings is 1. The maximum atomic E-state index is 5.91. The molecule has 1 aliphatic rings. The van der Waals surface area contributed by atoms with Crippen LogP contribution in [-0.2, 0) is 6.42 Å². The van der Waals surface area contributed by atoms with Gasteiger partial charge < -0.3 is 5.32 Å². The van der Waals surface area contributed by atoms with Crippen LogP contribution >= 0.6 is 11.6 Å². The summed E-state index contributed by atoms with van der Waals surface area (Å²) in [6.07, 6.45) is 3.66. The highest BCUT2D eigenvalue weighted by molar-refractivity contribution is 6.30. The van der Waals surface area contributed by atoms with Crippen molar-refractivity contribution in [1.82, 2.24) is 0 Å². The molecule has 1 aromatic carbocycles. The Hall–Kier alpha value is -0.530. The van der Waals surface area contributed by atoms with E-state index in [0.29, 0.717) is 5.54 Å². The molecule has 1 aliphatic carbocycles. The number of hydrogen-bond acceptors (Lipinski definition) is 0. The van der Waals surface area contributed by atoms with Crippen molar-refractivity contribution < 1.29 is 5.32 Å². The lowest BCUT2D eigenvalue weighted by Crippen LogP contribution is -2.86. The summed E-state index contributed by atoms with van der Waals surface area (Å²) >= 11 is 5.91. The Morgan fingerprint density at radius 1 is 1.46 bits per heavy atom. The van der Waals surface area contributed by atoms with Crippen LogP contribution in [0.3, 0.4) is 0 Å². The predicted molar refractivity (Wildman–Crippen MR) is 54.4 cm³/mol. The second kappa shape index (κ2) is 3.32. The summed E-state index contributed by atoms with van der Waals surface area (Å²) in [5, 5.41) is 2.92. The number of quaternary nitrogens is 1. The van der Waals surface area contributed by atoms with Gasteiger partial charge in [-0.25, -0.2) is 0 Å². The maximum Gasteiger partial charge on any atom is 0.0769 e. The van der Waals surface area contributed by atoms with E-state index >= 15 is 0 Å². The van der Waals surface area contributed by atoms with Crippen LogP contribution in [0.2, 0.25) is 5.02 Å². The number of rotatable bonds is 3. The van der Waals surface area contributed by atoms with Gasteiger partial charge in [0.15, 0.2) is 0 Å². The molecule has 2 rings (SSSR count). The van der Waals surface area contributed by atoms with Crippen LogP contribution in [0, 0.1) is 7.05 Å². The molecule has 0 unspecified atom stereocenters. The second-order valence-electron chi connectivity index (χ2n) is 3.87. The molecule has 1 saturated carbocycles. The van der Waals surface area contributed by atoms with Gasteiger partial charge in [0.2, 0.25) is 0 Å². The van der Waals surface area contributed by atoms with Crippen LogP contribution in [0.25, 0.3) is 0 Å². The maximum absolute atomic E-state index is 5.91. The summed E-state index contributed by atoms with van der Waals surface area (Å²) < 4.78 is 0. The average molecular weight is 196 g/mol.